The van der Waals surface area contributed by atoms with Crippen LogP contribution >= 0.6 is 0 Å². The highest BCUT2D eigenvalue weighted by Gasteiger charge is 2.32. The molecule has 2 heterocycles. The fourth-order valence-electron chi connectivity index (χ4n) is 2.62. The van der Waals surface area contributed by atoms with Crippen LogP contribution in [-0.4, -0.2) is 21.9 Å². The molecular weight excluding hydrogens is 376 g/mol. The molecule has 0 fully saturated rings. The van der Waals surface area contributed by atoms with Crippen molar-refractivity contribution < 1.29 is 22.3 Å². The molecule has 2 aromatic heterocycles. The lowest BCUT2D eigenvalue weighted by molar-refractivity contribution is -0.141. The number of nitrogens with zero attached hydrogens (tertiary/aromatic N) is 3. The average Bonchev–Trinajstić information content (AvgIpc) is 3.10. The minimum Gasteiger partial charge on any atom is -0.481 e. The van der Waals surface area contributed by atoms with E-state index in [0.717, 1.165) is 17.8 Å². The summed E-state index contributed by atoms with van der Waals surface area (Å²) in [5, 5.41) is 7.63. The summed E-state index contributed by atoms with van der Waals surface area (Å²) < 4.78 is 58.0. The Kier molecular flexibility index (Phi) is 5.64. The van der Waals surface area contributed by atoms with Gasteiger partial charge in [0.25, 0.3) is 0 Å². The molecule has 1 unspecified atom stereocenters. The zero-order chi connectivity index (χ0) is 20.3. The Labute approximate surface area is 159 Å². The standard InChI is InChI=1S/C19H18F4N4O/c1-12(24-10-13-4-3-5-14(20)8-13)16-9-18(28-2)27(26-16)15-6-7-17(25-11-15)19(21,22)23/h3-9,11-12,24H,10H2,1-2H3. The van der Waals surface area contributed by atoms with Crippen LogP contribution in [0.2, 0.25) is 0 Å². The third-order valence-electron chi connectivity index (χ3n) is 4.13. The third-order valence-corrected chi connectivity index (χ3v) is 4.13. The molecule has 1 N–H and O–H groups in total. The van der Waals surface area contributed by atoms with E-state index in [4.69, 9.17) is 4.74 Å². The summed E-state index contributed by atoms with van der Waals surface area (Å²) in [6, 6.07) is 9.88. The van der Waals surface area contributed by atoms with E-state index in [9.17, 15) is 17.6 Å². The van der Waals surface area contributed by atoms with Gasteiger partial charge in [-0.15, -0.1) is 0 Å². The molecule has 0 saturated heterocycles. The number of pyridine rings is 1. The molecule has 28 heavy (non-hydrogen) atoms. The van der Waals surface area contributed by atoms with Gasteiger partial charge in [0, 0.05) is 18.7 Å². The maximum atomic E-state index is 13.3. The van der Waals surface area contributed by atoms with Crippen LogP contribution in [0.1, 0.15) is 29.9 Å². The highest BCUT2D eigenvalue weighted by Crippen LogP contribution is 2.29. The van der Waals surface area contributed by atoms with Gasteiger partial charge >= 0.3 is 6.18 Å². The van der Waals surface area contributed by atoms with E-state index in [-0.39, 0.29) is 11.9 Å². The molecule has 0 spiro atoms. The largest absolute Gasteiger partial charge is 0.481 e. The van der Waals surface area contributed by atoms with Crippen LogP contribution in [0.15, 0.2) is 48.7 Å². The van der Waals surface area contributed by atoms with Gasteiger partial charge < -0.3 is 10.1 Å². The summed E-state index contributed by atoms with van der Waals surface area (Å²) in [5.74, 6) is 0.0451. The lowest BCUT2D eigenvalue weighted by Crippen LogP contribution is -2.18. The zero-order valence-electron chi connectivity index (χ0n) is 15.2. The first-order valence-corrected chi connectivity index (χ1v) is 8.43. The van der Waals surface area contributed by atoms with Crippen molar-refractivity contribution >= 4 is 0 Å². The van der Waals surface area contributed by atoms with Crippen molar-refractivity contribution in [1.82, 2.24) is 20.1 Å². The number of alkyl halides is 3. The Balaban J connectivity index is 1.78. The highest BCUT2D eigenvalue weighted by molar-refractivity contribution is 5.35. The minimum atomic E-state index is -4.51. The van der Waals surface area contributed by atoms with Crippen molar-refractivity contribution in [2.24, 2.45) is 0 Å². The van der Waals surface area contributed by atoms with Crippen molar-refractivity contribution in [3.8, 4) is 11.6 Å². The average molecular weight is 394 g/mol. The second kappa shape index (κ2) is 7.97. The second-order valence-electron chi connectivity index (χ2n) is 6.16. The zero-order valence-corrected chi connectivity index (χ0v) is 15.2. The molecule has 0 aliphatic heterocycles. The van der Waals surface area contributed by atoms with E-state index in [1.165, 1.54) is 30.0 Å². The molecular formula is C19H18F4N4O. The Bertz CT molecular complexity index is 938. The van der Waals surface area contributed by atoms with E-state index >= 15 is 0 Å². The predicted octanol–water partition coefficient (Wildman–Crippen LogP) is 4.28. The van der Waals surface area contributed by atoms with Crippen LogP contribution in [-0.2, 0) is 12.7 Å². The number of nitrogens with one attached hydrogen (secondary N) is 1. The number of hydrogen-bond donors (Lipinski definition) is 1. The number of methoxy groups -OCH3 is 1. The Morgan fingerprint density at radius 1 is 1.18 bits per heavy atom. The minimum absolute atomic E-state index is 0.208. The molecule has 0 saturated carbocycles. The second-order valence-corrected chi connectivity index (χ2v) is 6.16. The molecule has 0 radical (unpaired) electrons. The molecule has 9 heteroatoms. The summed E-state index contributed by atoms with van der Waals surface area (Å²) in [6.45, 7) is 2.30. The van der Waals surface area contributed by atoms with E-state index in [1.54, 1.807) is 18.2 Å². The van der Waals surface area contributed by atoms with Crippen molar-refractivity contribution in [2.45, 2.75) is 25.7 Å². The van der Waals surface area contributed by atoms with Gasteiger partial charge in [-0.05, 0) is 36.8 Å². The summed E-state index contributed by atoms with van der Waals surface area (Å²) in [6.07, 6.45) is -3.42. The molecule has 3 aromatic rings. The molecule has 0 bridgehead atoms. The first kappa shape index (κ1) is 19.8. The smallest absolute Gasteiger partial charge is 0.433 e. The van der Waals surface area contributed by atoms with Crippen molar-refractivity contribution in [3.63, 3.8) is 0 Å². The molecule has 0 aliphatic rings. The van der Waals surface area contributed by atoms with Crippen LogP contribution in [0.5, 0.6) is 5.88 Å². The Hall–Kier alpha value is -2.94. The quantitative estimate of drug-likeness (QED) is 0.634. The monoisotopic (exact) mass is 394 g/mol. The number of halogens is 4. The molecule has 0 aliphatic carbocycles. The molecule has 1 atom stereocenters. The number of benzene rings is 1. The molecule has 148 valence electrons. The highest BCUT2D eigenvalue weighted by atomic mass is 19.4. The van der Waals surface area contributed by atoms with Crippen molar-refractivity contribution in [3.05, 3.63) is 71.4 Å². The fraction of sp³-hybridized carbons (Fsp3) is 0.263. The Morgan fingerprint density at radius 2 is 1.96 bits per heavy atom. The maximum Gasteiger partial charge on any atom is 0.433 e. The Morgan fingerprint density at radius 3 is 2.57 bits per heavy atom. The van der Waals surface area contributed by atoms with Gasteiger partial charge in [-0.2, -0.15) is 23.0 Å². The molecule has 5 nitrogen and oxygen atoms in total. The van der Waals surface area contributed by atoms with E-state index < -0.39 is 11.9 Å². The number of rotatable bonds is 6. The lowest BCUT2D eigenvalue weighted by Gasteiger charge is -2.11. The number of hydrogen-bond acceptors (Lipinski definition) is 4. The summed E-state index contributed by atoms with van der Waals surface area (Å²) >= 11 is 0. The fourth-order valence-corrected chi connectivity index (χ4v) is 2.62. The SMILES string of the molecule is COc1cc(C(C)NCc2cccc(F)c2)nn1-c1ccc(C(F)(F)F)nc1. The topological polar surface area (TPSA) is 52.0 Å². The van der Waals surface area contributed by atoms with Crippen LogP contribution < -0.4 is 10.1 Å². The molecule has 3 rings (SSSR count). The van der Waals surface area contributed by atoms with Crippen LogP contribution in [0.25, 0.3) is 5.69 Å². The van der Waals surface area contributed by atoms with Gasteiger partial charge in [0.15, 0.2) is 0 Å². The summed E-state index contributed by atoms with van der Waals surface area (Å²) in [5.41, 5.74) is 0.763. The van der Waals surface area contributed by atoms with Gasteiger partial charge in [0.2, 0.25) is 5.88 Å². The number of ether oxygens (including phenoxy) is 1. The van der Waals surface area contributed by atoms with Gasteiger partial charge in [0.05, 0.1) is 24.7 Å². The predicted molar refractivity (Wildman–Crippen MR) is 94.6 cm³/mol. The normalized spacial score (nSPS) is 12.8. The van der Waals surface area contributed by atoms with E-state index in [0.29, 0.717) is 23.8 Å². The van der Waals surface area contributed by atoms with Crippen LogP contribution in [0.3, 0.4) is 0 Å². The molecule has 0 amide bonds. The van der Waals surface area contributed by atoms with Crippen molar-refractivity contribution in [1.29, 1.82) is 0 Å². The first-order valence-electron chi connectivity index (χ1n) is 8.43. The number of aromatic nitrogens is 3. The van der Waals surface area contributed by atoms with E-state index in [2.05, 4.69) is 15.4 Å². The summed E-state index contributed by atoms with van der Waals surface area (Å²) in [7, 11) is 1.44. The molecule has 1 aromatic carbocycles. The van der Waals surface area contributed by atoms with Crippen molar-refractivity contribution in [2.75, 3.05) is 7.11 Å². The third kappa shape index (κ3) is 4.48. The van der Waals surface area contributed by atoms with Gasteiger partial charge in [0.1, 0.15) is 11.5 Å². The lowest BCUT2D eigenvalue weighted by atomic mass is 10.2. The van der Waals surface area contributed by atoms with Crippen LogP contribution in [0.4, 0.5) is 17.6 Å². The first-order chi connectivity index (χ1) is 13.3. The van der Waals surface area contributed by atoms with Gasteiger partial charge in [-0.25, -0.2) is 9.37 Å². The van der Waals surface area contributed by atoms with Crippen LogP contribution in [0, 0.1) is 5.82 Å². The van der Waals surface area contributed by atoms with E-state index in [1.807, 2.05) is 6.92 Å². The van der Waals surface area contributed by atoms with Gasteiger partial charge in [-0.3, -0.25) is 0 Å². The maximum absolute atomic E-state index is 13.3. The summed E-state index contributed by atoms with van der Waals surface area (Å²) in [4.78, 5) is 3.45. The van der Waals surface area contributed by atoms with Gasteiger partial charge in [-0.1, -0.05) is 12.1 Å².